The maximum Gasteiger partial charge on any atom is 0.291 e. The predicted molar refractivity (Wildman–Crippen MR) is 114 cm³/mol. The number of imide groups is 1. The molecule has 1 aliphatic carbocycles. The third-order valence-corrected chi connectivity index (χ3v) is 7.81. The summed E-state index contributed by atoms with van der Waals surface area (Å²) >= 11 is 0. The van der Waals surface area contributed by atoms with Gasteiger partial charge < -0.3 is 10.6 Å². The Bertz CT molecular complexity index is 1080. The average Bonchev–Trinajstić information content (AvgIpc) is 3.52. The number of benzene rings is 2. The largest absolute Gasteiger partial charge is 0.326 e. The number of likely N-dealkylation sites (tertiary alicyclic amines) is 1. The zero-order chi connectivity index (χ0) is 21.2. The number of para-hydroxylation sites is 1. The molecule has 4 aliphatic rings. The van der Waals surface area contributed by atoms with Gasteiger partial charge in [0, 0.05) is 18.0 Å². The number of nitrogens with zero attached hydrogens (tertiary/aromatic N) is 1. The highest BCUT2D eigenvalue weighted by atomic mass is 16.2. The van der Waals surface area contributed by atoms with Gasteiger partial charge >= 0.3 is 0 Å². The molecule has 31 heavy (non-hydrogen) atoms. The number of anilines is 1. The number of quaternary nitrogens is 1. The molecular formula is C25H26N3O3+. The van der Waals surface area contributed by atoms with Crippen molar-refractivity contribution in [2.24, 2.45) is 11.8 Å². The van der Waals surface area contributed by atoms with Crippen LogP contribution in [0.3, 0.4) is 0 Å². The number of hydrogen-bond donors (Lipinski definition) is 2. The molecule has 2 aromatic rings. The molecule has 2 saturated heterocycles. The number of rotatable bonds is 3. The minimum absolute atomic E-state index is 0.0141. The molecule has 6 nitrogen and oxygen atoms in total. The molecule has 3 heterocycles. The van der Waals surface area contributed by atoms with E-state index in [2.05, 4.69) is 5.32 Å². The van der Waals surface area contributed by atoms with E-state index in [0.29, 0.717) is 6.42 Å². The topological polar surface area (TPSA) is 83.1 Å². The second-order valence-corrected chi connectivity index (χ2v) is 9.38. The van der Waals surface area contributed by atoms with E-state index in [-0.39, 0.29) is 29.8 Å². The van der Waals surface area contributed by atoms with Crippen LogP contribution in [0, 0.1) is 11.8 Å². The van der Waals surface area contributed by atoms with E-state index >= 15 is 0 Å². The molecule has 2 aromatic carbocycles. The van der Waals surface area contributed by atoms with Crippen molar-refractivity contribution in [1.29, 1.82) is 0 Å². The Hall–Kier alpha value is -2.99. The number of carbonyl (C=O) groups is 3. The van der Waals surface area contributed by atoms with Gasteiger partial charge in [0.25, 0.3) is 5.91 Å². The van der Waals surface area contributed by atoms with Crippen molar-refractivity contribution in [2.75, 3.05) is 5.32 Å². The maximum atomic E-state index is 13.8. The molecule has 3 aliphatic heterocycles. The van der Waals surface area contributed by atoms with Gasteiger partial charge in [-0.3, -0.25) is 19.3 Å². The summed E-state index contributed by atoms with van der Waals surface area (Å²) in [7, 11) is 0. The van der Waals surface area contributed by atoms with Crippen molar-refractivity contribution in [2.45, 2.75) is 49.7 Å². The fourth-order valence-corrected chi connectivity index (χ4v) is 6.54. The zero-order valence-electron chi connectivity index (χ0n) is 17.3. The van der Waals surface area contributed by atoms with Gasteiger partial charge in [-0.2, -0.15) is 0 Å². The van der Waals surface area contributed by atoms with Crippen molar-refractivity contribution < 1.29 is 19.7 Å². The standard InChI is InChI=1S/C25H25N3O3/c29-22-20-19(14-15-8-2-1-3-9-15)27-25(17-12-6-7-13-18(17)26-24(25)31)21(20)23(30)28(22)16-10-4-5-11-16/h1-3,6-9,12-13,16,19-21,27H,4-5,10-11,14H2,(H,26,31)/p+1/t19-,20+,21-,25-/m0/s1. The number of hydrogen-bond acceptors (Lipinski definition) is 3. The summed E-state index contributed by atoms with van der Waals surface area (Å²) < 4.78 is 0. The summed E-state index contributed by atoms with van der Waals surface area (Å²) in [6, 6.07) is 17.5. The average molecular weight is 417 g/mol. The van der Waals surface area contributed by atoms with Crippen LogP contribution in [0.5, 0.6) is 0 Å². The van der Waals surface area contributed by atoms with Crippen molar-refractivity contribution in [3.63, 3.8) is 0 Å². The normalized spacial score (nSPS) is 32.1. The Morgan fingerprint density at radius 2 is 1.65 bits per heavy atom. The first kappa shape index (κ1) is 18.8. The van der Waals surface area contributed by atoms with Crippen LogP contribution in [0.1, 0.15) is 36.8 Å². The first-order valence-corrected chi connectivity index (χ1v) is 11.3. The highest BCUT2D eigenvalue weighted by Gasteiger charge is 2.74. The number of nitrogens with two attached hydrogens (primary N) is 1. The summed E-state index contributed by atoms with van der Waals surface area (Å²) in [6.07, 6.45) is 4.49. The number of nitrogens with one attached hydrogen (secondary N) is 1. The van der Waals surface area contributed by atoms with E-state index in [4.69, 9.17) is 0 Å². The summed E-state index contributed by atoms with van der Waals surface area (Å²) in [5.74, 6) is -1.54. The number of carbonyl (C=O) groups excluding carboxylic acids is 3. The van der Waals surface area contributed by atoms with Crippen molar-refractivity contribution >= 4 is 23.4 Å². The molecular weight excluding hydrogens is 390 g/mol. The third kappa shape index (κ3) is 2.51. The Balaban J connectivity index is 1.47. The second-order valence-electron chi connectivity index (χ2n) is 9.38. The second kappa shape index (κ2) is 6.76. The van der Waals surface area contributed by atoms with Crippen LogP contribution in [0.25, 0.3) is 0 Å². The molecule has 1 spiro atoms. The Morgan fingerprint density at radius 1 is 0.935 bits per heavy atom. The van der Waals surface area contributed by atoms with E-state index in [1.807, 2.05) is 59.9 Å². The lowest BCUT2D eigenvalue weighted by atomic mass is 9.76. The van der Waals surface area contributed by atoms with E-state index in [1.54, 1.807) is 4.90 Å². The van der Waals surface area contributed by atoms with Gasteiger partial charge in [0.2, 0.25) is 17.4 Å². The Labute approximate surface area is 181 Å². The highest BCUT2D eigenvalue weighted by molar-refractivity contribution is 6.14. The smallest absolute Gasteiger partial charge is 0.291 e. The molecule has 1 saturated carbocycles. The van der Waals surface area contributed by atoms with E-state index in [0.717, 1.165) is 42.5 Å². The van der Waals surface area contributed by atoms with Crippen molar-refractivity contribution in [3.8, 4) is 0 Å². The quantitative estimate of drug-likeness (QED) is 0.745. The number of amides is 3. The lowest BCUT2D eigenvalue weighted by Crippen LogP contribution is -2.99. The molecule has 3 N–H and O–H groups in total. The summed E-state index contributed by atoms with van der Waals surface area (Å²) in [6.45, 7) is 0. The van der Waals surface area contributed by atoms with Crippen molar-refractivity contribution in [3.05, 3.63) is 65.7 Å². The minimum Gasteiger partial charge on any atom is -0.326 e. The van der Waals surface area contributed by atoms with E-state index < -0.39 is 17.4 Å². The maximum absolute atomic E-state index is 13.8. The highest BCUT2D eigenvalue weighted by Crippen LogP contribution is 2.50. The molecule has 3 fully saturated rings. The van der Waals surface area contributed by atoms with Gasteiger partial charge in [-0.1, -0.05) is 61.4 Å². The van der Waals surface area contributed by atoms with E-state index in [1.165, 1.54) is 0 Å². The zero-order valence-corrected chi connectivity index (χ0v) is 17.3. The first-order valence-electron chi connectivity index (χ1n) is 11.3. The van der Waals surface area contributed by atoms with Crippen LogP contribution in [0.4, 0.5) is 5.69 Å². The van der Waals surface area contributed by atoms with Crippen LogP contribution in [-0.4, -0.2) is 34.7 Å². The van der Waals surface area contributed by atoms with Gasteiger partial charge in [-0.05, 0) is 24.5 Å². The van der Waals surface area contributed by atoms with Crippen LogP contribution < -0.4 is 10.6 Å². The molecule has 4 atom stereocenters. The summed E-state index contributed by atoms with van der Waals surface area (Å²) in [4.78, 5) is 42.5. The number of fused-ring (bicyclic) bond motifs is 4. The van der Waals surface area contributed by atoms with Gasteiger partial charge in [-0.25, -0.2) is 0 Å². The van der Waals surface area contributed by atoms with Gasteiger partial charge in [0.15, 0.2) is 0 Å². The Morgan fingerprint density at radius 3 is 2.42 bits per heavy atom. The molecule has 0 aromatic heterocycles. The van der Waals surface area contributed by atoms with Crippen LogP contribution in [0.15, 0.2) is 54.6 Å². The van der Waals surface area contributed by atoms with Crippen LogP contribution in [-0.2, 0) is 26.3 Å². The van der Waals surface area contributed by atoms with Crippen LogP contribution in [0.2, 0.25) is 0 Å². The molecule has 3 amide bonds. The molecule has 6 rings (SSSR count). The van der Waals surface area contributed by atoms with Crippen LogP contribution >= 0.6 is 0 Å². The SMILES string of the molecule is O=C1[C@@H]2[C@H](Cc3ccccc3)[NH2+][C@]3(C(=O)Nc4ccccc43)[C@@H]2C(=O)N1C1CCCC1. The fraction of sp³-hybridized carbons (Fsp3) is 0.400. The molecule has 158 valence electrons. The summed E-state index contributed by atoms with van der Waals surface area (Å²) in [5.41, 5.74) is 1.63. The molecule has 6 heteroatoms. The monoisotopic (exact) mass is 416 g/mol. The predicted octanol–water partition coefficient (Wildman–Crippen LogP) is 1.57. The lowest BCUT2D eigenvalue weighted by Gasteiger charge is -2.28. The molecule has 0 bridgehead atoms. The van der Waals surface area contributed by atoms with Gasteiger partial charge in [-0.15, -0.1) is 0 Å². The van der Waals surface area contributed by atoms with Gasteiger partial charge in [0.05, 0.1) is 5.69 Å². The lowest BCUT2D eigenvalue weighted by molar-refractivity contribution is -0.733. The molecule has 0 radical (unpaired) electrons. The fourth-order valence-electron chi connectivity index (χ4n) is 6.54. The minimum atomic E-state index is -1.07. The third-order valence-electron chi connectivity index (χ3n) is 7.81. The Kier molecular flexibility index (Phi) is 4.09. The van der Waals surface area contributed by atoms with Gasteiger partial charge in [0.1, 0.15) is 17.9 Å². The first-order chi connectivity index (χ1) is 15.1. The van der Waals surface area contributed by atoms with Crippen molar-refractivity contribution in [1.82, 2.24) is 4.90 Å². The summed E-state index contributed by atoms with van der Waals surface area (Å²) in [5, 5.41) is 5.02. The molecule has 0 unspecified atom stereocenters. The van der Waals surface area contributed by atoms with E-state index in [9.17, 15) is 14.4 Å².